The number of nitrogens with one attached hydrogen (secondary N) is 2. The van der Waals surface area contributed by atoms with Crippen LogP contribution in [0.1, 0.15) is 22.6 Å². The van der Waals surface area contributed by atoms with E-state index in [1.54, 1.807) is 24.3 Å². The van der Waals surface area contributed by atoms with Crippen LogP contribution >= 0.6 is 0 Å². The van der Waals surface area contributed by atoms with Crippen LogP contribution < -0.4 is 10.6 Å². The molecule has 4 heteroatoms. The Kier molecular flexibility index (Phi) is 6.73. The molecule has 2 amide bonds. The van der Waals surface area contributed by atoms with Crippen molar-refractivity contribution < 1.29 is 9.59 Å². The third kappa shape index (κ3) is 5.49. The van der Waals surface area contributed by atoms with Crippen molar-refractivity contribution in [1.29, 1.82) is 0 Å². The normalized spacial score (nSPS) is 10.5. The summed E-state index contributed by atoms with van der Waals surface area (Å²) in [7, 11) is 0. The van der Waals surface area contributed by atoms with Crippen molar-refractivity contribution in [2.45, 2.75) is 12.3 Å². The van der Waals surface area contributed by atoms with Gasteiger partial charge < -0.3 is 10.6 Å². The number of carbonyl (C=O) groups excluding carboxylic acids is 2. The summed E-state index contributed by atoms with van der Waals surface area (Å²) in [4.78, 5) is 25.5. The molecule has 4 nitrogen and oxygen atoms in total. The summed E-state index contributed by atoms with van der Waals surface area (Å²) in [5, 5.41) is 5.90. The summed E-state index contributed by atoms with van der Waals surface area (Å²) >= 11 is 0. The summed E-state index contributed by atoms with van der Waals surface area (Å²) in [5.74, 6) is -0.605. The zero-order chi connectivity index (χ0) is 22.2. The third-order valence-corrected chi connectivity index (χ3v) is 5.17. The van der Waals surface area contributed by atoms with Gasteiger partial charge in [-0.3, -0.25) is 9.59 Å². The molecule has 4 aromatic carbocycles. The van der Waals surface area contributed by atoms with Crippen LogP contribution in [0.5, 0.6) is 0 Å². The summed E-state index contributed by atoms with van der Waals surface area (Å²) in [5.41, 5.74) is 4.18. The molecule has 158 valence electrons. The Hall–Kier alpha value is -4.18. The van der Waals surface area contributed by atoms with Gasteiger partial charge in [-0.15, -0.1) is 0 Å². The van der Waals surface area contributed by atoms with Crippen LogP contribution in [-0.2, 0) is 16.0 Å². The molecule has 0 atom stereocenters. The first-order valence-electron chi connectivity index (χ1n) is 10.5. The van der Waals surface area contributed by atoms with E-state index in [1.807, 2.05) is 91.0 Å². The summed E-state index contributed by atoms with van der Waals surface area (Å²) in [6.45, 7) is 0. The molecule has 0 aliphatic rings. The maximum atomic E-state index is 13.2. The molecule has 0 spiro atoms. The summed E-state index contributed by atoms with van der Waals surface area (Å²) in [6, 6.07) is 36.2. The average molecular weight is 421 g/mol. The largest absolute Gasteiger partial charge is 0.326 e. The van der Waals surface area contributed by atoms with Gasteiger partial charge in [-0.25, -0.2) is 0 Å². The van der Waals surface area contributed by atoms with Gasteiger partial charge in [0.2, 0.25) is 11.8 Å². The molecule has 2 N–H and O–H groups in total. The molecule has 0 radical (unpaired) electrons. The van der Waals surface area contributed by atoms with Crippen molar-refractivity contribution in [3.05, 3.63) is 132 Å². The van der Waals surface area contributed by atoms with Crippen LogP contribution in [-0.4, -0.2) is 11.8 Å². The Morgan fingerprint density at radius 2 is 1.00 bits per heavy atom. The van der Waals surface area contributed by atoms with Crippen LogP contribution in [0.3, 0.4) is 0 Å². The van der Waals surface area contributed by atoms with E-state index < -0.39 is 5.92 Å². The van der Waals surface area contributed by atoms with E-state index in [9.17, 15) is 9.59 Å². The van der Waals surface area contributed by atoms with Crippen LogP contribution in [0.25, 0.3) is 0 Å². The number of anilines is 2. The second kappa shape index (κ2) is 10.2. The Bertz CT molecular complexity index is 1120. The van der Waals surface area contributed by atoms with Crippen molar-refractivity contribution >= 4 is 23.2 Å². The van der Waals surface area contributed by atoms with Crippen molar-refractivity contribution in [2.75, 3.05) is 10.6 Å². The minimum absolute atomic E-state index is 0.0822. The van der Waals surface area contributed by atoms with E-state index in [-0.39, 0.29) is 11.8 Å². The van der Waals surface area contributed by atoms with Gasteiger partial charge in [0.05, 0.1) is 12.3 Å². The molecule has 0 heterocycles. The lowest BCUT2D eigenvalue weighted by Gasteiger charge is -2.18. The minimum atomic E-state index is -0.414. The molecule has 0 bridgehead atoms. The molecule has 0 fully saturated rings. The van der Waals surface area contributed by atoms with Gasteiger partial charge in [0.25, 0.3) is 0 Å². The van der Waals surface area contributed by atoms with Gasteiger partial charge >= 0.3 is 0 Å². The van der Waals surface area contributed by atoms with Gasteiger partial charge in [-0.1, -0.05) is 91.0 Å². The van der Waals surface area contributed by atoms with E-state index in [1.165, 1.54) is 0 Å². The predicted octanol–water partition coefficient (Wildman–Crippen LogP) is 5.64. The lowest BCUT2D eigenvalue weighted by molar-refractivity contribution is -0.117. The molecule has 4 rings (SSSR count). The number of amides is 2. The van der Waals surface area contributed by atoms with E-state index in [0.29, 0.717) is 17.8 Å². The zero-order valence-corrected chi connectivity index (χ0v) is 17.6. The van der Waals surface area contributed by atoms with E-state index in [0.717, 1.165) is 16.7 Å². The molecule has 0 saturated carbocycles. The van der Waals surface area contributed by atoms with E-state index in [4.69, 9.17) is 0 Å². The van der Waals surface area contributed by atoms with Crippen LogP contribution in [0.4, 0.5) is 11.4 Å². The standard InChI is InChI=1S/C28H24N2O2/c31-26(20-21-10-4-1-5-11-21)29-24-16-18-25(19-17-24)30-28(32)27(22-12-6-2-7-13-22)23-14-8-3-9-15-23/h1-19,27H,20H2,(H,29,31)(H,30,32). The molecule has 4 aromatic rings. The Labute approximate surface area is 187 Å². The van der Waals surface area contributed by atoms with Gasteiger partial charge in [0.15, 0.2) is 0 Å². The van der Waals surface area contributed by atoms with Crippen molar-refractivity contribution in [3.8, 4) is 0 Å². The summed E-state index contributed by atoms with van der Waals surface area (Å²) < 4.78 is 0. The summed E-state index contributed by atoms with van der Waals surface area (Å²) in [6.07, 6.45) is 0.315. The SMILES string of the molecule is O=C(Cc1ccccc1)Nc1ccc(NC(=O)C(c2ccccc2)c2ccccc2)cc1. The van der Waals surface area contributed by atoms with Gasteiger partial charge in [0, 0.05) is 11.4 Å². The number of carbonyl (C=O) groups is 2. The Morgan fingerprint density at radius 3 is 1.50 bits per heavy atom. The monoisotopic (exact) mass is 420 g/mol. The average Bonchev–Trinajstić information content (AvgIpc) is 2.82. The lowest BCUT2D eigenvalue weighted by Crippen LogP contribution is -2.22. The first kappa shape index (κ1) is 21.1. The first-order valence-corrected chi connectivity index (χ1v) is 10.5. The molecule has 0 aromatic heterocycles. The first-order chi connectivity index (χ1) is 15.7. The number of rotatable bonds is 7. The smallest absolute Gasteiger partial charge is 0.236 e. The van der Waals surface area contributed by atoms with Crippen molar-refractivity contribution in [3.63, 3.8) is 0 Å². The fourth-order valence-corrected chi connectivity index (χ4v) is 3.62. The van der Waals surface area contributed by atoms with Gasteiger partial charge in [-0.2, -0.15) is 0 Å². The number of hydrogen-bond donors (Lipinski definition) is 2. The maximum absolute atomic E-state index is 13.2. The second-order valence-electron chi connectivity index (χ2n) is 7.53. The highest BCUT2D eigenvalue weighted by Crippen LogP contribution is 2.26. The topological polar surface area (TPSA) is 58.2 Å². The molecule has 0 saturated heterocycles. The highest BCUT2D eigenvalue weighted by molar-refractivity contribution is 5.98. The van der Waals surface area contributed by atoms with Crippen molar-refractivity contribution in [2.24, 2.45) is 0 Å². The number of hydrogen-bond acceptors (Lipinski definition) is 2. The maximum Gasteiger partial charge on any atom is 0.236 e. The lowest BCUT2D eigenvalue weighted by atomic mass is 9.90. The van der Waals surface area contributed by atoms with Crippen LogP contribution in [0.2, 0.25) is 0 Å². The number of benzene rings is 4. The zero-order valence-electron chi connectivity index (χ0n) is 17.6. The van der Waals surface area contributed by atoms with Crippen LogP contribution in [0, 0.1) is 0 Å². The third-order valence-electron chi connectivity index (χ3n) is 5.17. The molecular weight excluding hydrogens is 396 g/mol. The fraction of sp³-hybridized carbons (Fsp3) is 0.0714. The van der Waals surface area contributed by atoms with E-state index >= 15 is 0 Å². The molecule has 0 unspecified atom stereocenters. The van der Waals surface area contributed by atoms with Crippen molar-refractivity contribution in [1.82, 2.24) is 0 Å². The Balaban J connectivity index is 1.43. The van der Waals surface area contributed by atoms with E-state index in [2.05, 4.69) is 10.6 Å². The Morgan fingerprint density at radius 1 is 0.562 bits per heavy atom. The highest BCUT2D eigenvalue weighted by Gasteiger charge is 2.22. The van der Waals surface area contributed by atoms with Gasteiger partial charge in [0.1, 0.15) is 0 Å². The minimum Gasteiger partial charge on any atom is -0.326 e. The van der Waals surface area contributed by atoms with Gasteiger partial charge in [-0.05, 0) is 41.0 Å². The molecule has 0 aliphatic carbocycles. The second-order valence-corrected chi connectivity index (χ2v) is 7.53. The molecule has 32 heavy (non-hydrogen) atoms. The fourth-order valence-electron chi connectivity index (χ4n) is 3.62. The highest BCUT2D eigenvalue weighted by atomic mass is 16.2. The molecular formula is C28H24N2O2. The predicted molar refractivity (Wildman–Crippen MR) is 129 cm³/mol. The quantitative estimate of drug-likeness (QED) is 0.407. The molecule has 0 aliphatic heterocycles. The van der Waals surface area contributed by atoms with Crippen LogP contribution in [0.15, 0.2) is 115 Å².